The number of hydrogen-bond acceptors (Lipinski definition) is 4. The first-order chi connectivity index (χ1) is 9.97. The molecule has 0 aliphatic carbocycles. The summed E-state index contributed by atoms with van der Waals surface area (Å²) in [5.41, 5.74) is 8.99. The zero-order chi connectivity index (χ0) is 15.6. The van der Waals surface area contributed by atoms with E-state index in [4.69, 9.17) is 26.8 Å². The summed E-state index contributed by atoms with van der Waals surface area (Å²) in [7, 11) is 5.08. The Morgan fingerprint density at radius 3 is 2.48 bits per heavy atom. The Morgan fingerprint density at radius 2 is 1.95 bits per heavy atom. The molecule has 21 heavy (non-hydrogen) atoms. The highest BCUT2D eigenvalue weighted by Crippen LogP contribution is 2.31. The molecule has 0 fully saturated rings. The van der Waals surface area contributed by atoms with E-state index in [1.807, 2.05) is 32.2 Å². The summed E-state index contributed by atoms with van der Waals surface area (Å²) < 4.78 is 12.3. The van der Waals surface area contributed by atoms with Gasteiger partial charge in [-0.2, -0.15) is 5.10 Å². The molecule has 0 aliphatic heterocycles. The molecule has 0 saturated heterocycles. The van der Waals surface area contributed by atoms with Crippen molar-refractivity contribution in [1.29, 1.82) is 0 Å². The van der Waals surface area contributed by atoms with Gasteiger partial charge in [0.25, 0.3) is 0 Å². The van der Waals surface area contributed by atoms with Gasteiger partial charge in [0.15, 0.2) is 11.5 Å². The first kappa shape index (κ1) is 15.7. The molecule has 5 nitrogen and oxygen atoms in total. The van der Waals surface area contributed by atoms with Crippen molar-refractivity contribution in [3.05, 3.63) is 40.2 Å². The van der Waals surface area contributed by atoms with Gasteiger partial charge in [0.2, 0.25) is 0 Å². The first-order valence-electron chi connectivity index (χ1n) is 6.63. The molecule has 0 saturated carbocycles. The van der Waals surface area contributed by atoms with Crippen molar-refractivity contribution in [3.63, 3.8) is 0 Å². The molecule has 1 unspecified atom stereocenters. The average Bonchev–Trinajstić information content (AvgIpc) is 2.72. The number of halogens is 1. The highest BCUT2D eigenvalue weighted by molar-refractivity contribution is 6.31. The van der Waals surface area contributed by atoms with E-state index in [0.717, 1.165) is 17.0 Å². The molecule has 1 atom stereocenters. The summed E-state index contributed by atoms with van der Waals surface area (Å²) in [6.45, 7) is 1.88. The van der Waals surface area contributed by atoms with Crippen molar-refractivity contribution in [2.45, 2.75) is 19.4 Å². The van der Waals surface area contributed by atoms with Gasteiger partial charge >= 0.3 is 0 Å². The molecule has 1 aromatic heterocycles. The maximum atomic E-state index is 6.29. The van der Waals surface area contributed by atoms with Crippen molar-refractivity contribution in [2.75, 3.05) is 14.2 Å². The summed E-state index contributed by atoms with van der Waals surface area (Å²) in [4.78, 5) is 0. The summed E-state index contributed by atoms with van der Waals surface area (Å²) >= 11 is 6.27. The van der Waals surface area contributed by atoms with Gasteiger partial charge in [-0.3, -0.25) is 4.68 Å². The van der Waals surface area contributed by atoms with E-state index in [-0.39, 0.29) is 6.04 Å². The van der Waals surface area contributed by atoms with Crippen LogP contribution in [0.15, 0.2) is 18.2 Å². The van der Waals surface area contributed by atoms with E-state index in [1.54, 1.807) is 18.9 Å². The smallest absolute Gasteiger partial charge is 0.161 e. The number of ether oxygens (including phenoxy) is 2. The first-order valence-corrected chi connectivity index (χ1v) is 7.01. The van der Waals surface area contributed by atoms with Crippen LogP contribution in [-0.4, -0.2) is 24.0 Å². The van der Waals surface area contributed by atoms with E-state index in [1.165, 1.54) is 0 Å². The molecule has 114 valence electrons. The zero-order valence-corrected chi connectivity index (χ0v) is 13.4. The maximum Gasteiger partial charge on any atom is 0.161 e. The molecule has 6 heteroatoms. The van der Waals surface area contributed by atoms with E-state index in [2.05, 4.69) is 5.10 Å². The fraction of sp³-hybridized carbons (Fsp3) is 0.400. The number of rotatable bonds is 5. The molecule has 2 rings (SSSR count). The normalized spacial score (nSPS) is 12.3. The Balaban J connectivity index is 2.26. The lowest BCUT2D eigenvalue weighted by atomic mass is 10.0. The molecule has 0 bridgehead atoms. The van der Waals surface area contributed by atoms with Crippen LogP contribution in [0.4, 0.5) is 0 Å². The van der Waals surface area contributed by atoms with Gasteiger partial charge in [-0.1, -0.05) is 17.7 Å². The monoisotopic (exact) mass is 309 g/mol. The molecule has 0 radical (unpaired) electrons. The Labute approximate surface area is 129 Å². The lowest BCUT2D eigenvalue weighted by Crippen LogP contribution is -2.15. The van der Waals surface area contributed by atoms with Crippen LogP contribution in [0, 0.1) is 6.92 Å². The summed E-state index contributed by atoms with van der Waals surface area (Å²) in [6, 6.07) is 5.48. The largest absolute Gasteiger partial charge is 0.493 e. The minimum absolute atomic E-state index is 0.197. The molecule has 0 amide bonds. The van der Waals surface area contributed by atoms with E-state index in [9.17, 15) is 0 Å². The second-order valence-corrected chi connectivity index (χ2v) is 5.27. The third-order valence-electron chi connectivity index (χ3n) is 3.51. The predicted molar refractivity (Wildman–Crippen MR) is 83.1 cm³/mol. The van der Waals surface area contributed by atoms with E-state index < -0.39 is 0 Å². The SMILES string of the molecule is COc1ccc(C(N)Cc2c(Cl)c(C)nn2C)cc1OC. The zero-order valence-electron chi connectivity index (χ0n) is 12.7. The van der Waals surface area contributed by atoms with Crippen LogP contribution >= 0.6 is 11.6 Å². The highest BCUT2D eigenvalue weighted by atomic mass is 35.5. The molecule has 2 N–H and O–H groups in total. The Kier molecular flexibility index (Phi) is 4.75. The second kappa shape index (κ2) is 6.37. The van der Waals surface area contributed by atoms with Crippen LogP contribution in [0.3, 0.4) is 0 Å². The lowest BCUT2D eigenvalue weighted by Gasteiger charge is -2.15. The van der Waals surface area contributed by atoms with Crippen molar-refractivity contribution in [1.82, 2.24) is 9.78 Å². The Hall–Kier alpha value is -1.72. The van der Waals surface area contributed by atoms with Gasteiger partial charge in [-0.05, 0) is 24.6 Å². The second-order valence-electron chi connectivity index (χ2n) is 4.89. The quantitative estimate of drug-likeness (QED) is 0.922. The highest BCUT2D eigenvalue weighted by Gasteiger charge is 2.17. The Morgan fingerprint density at radius 1 is 1.29 bits per heavy atom. The minimum Gasteiger partial charge on any atom is -0.493 e. The minimum atomic E-state index is -0.197. The van der Waals surface area contributed by atoms with Gasteiger partial charge in [-0.15, -0.1) is 0 Å². The number of benzene rings is 1. The van der Waals surface area contributed by atoms with E-state index >= 15 is 0 Å². The number of hydrogen-bond donors (Lipinski definition) is 1. The van der Waals surface area contributed by atoms with Gasteiger partial charge in [0.1, 0.15) is 0 Å². The number of methoxy groups -OCH3 is 2. The predicted octanol–water partition coefficient (Wildman–Crippen LogP) is 2.64. The maximum absolute atomic E-state index is 6.29. The summed E-state index contributed by atoms with van der Waals surface area (Å²) in [5.74, 6) is 1.35. The van der Waals surface area contributed by atoms with Crippen molar-refractivity contribution >= 4 is 11.6 Å². The van der Waals surface area contributed by atoms with Crippen molar-refractivity contribution in [3.8, 4) is 11.5 Å². The summed E-state index contributed by atoms with van der Waals surface area (Å²) in [5, 5.41) is 4.98. The number of nitrogens with two attached hydrogens (primary N) is 1. The third-order valence-corrected chi connectivity index (χ3v) is 4.00. The van der Waals surface area contributed by atoms with Crippen LogP contribution < -0.4 is 15.2 Å². The van der Waals surface area contributed by atoms with Crippen LogP contribution in [0.25, 0.3) is 0 Å². The fourth-order valence-electron chi connectivity index (χ4n) is 2.31. The van der Waals surface area contributed by atoms with Crippen molar-refractivity contribution in [2.24, 2.45) is 12.8 Å². The summed E-state index contributed by atoms with van der Waals surface area (Å²) in [6.07, 6.45) is 0.603. The van der Waals surface area contributed by atoms with Crippen LogP contribution in [0.1, 0.15) is 23.0 Å². The molecular formula is C15H20ClN3O2. The Bertz CT molecular complexity index is 640. The molecule has 0 spiro atoms. The molecular weight excluding hydrogens is 290 g/mol. The molecule has 0 aliphatic rings. The standard InChI is InChI=1S/C15H20ClN3O2/c1-9-15(16)12(19(2)18-9)8-11(17)10-5-6-13(20-3)14(7-10)21-4/h5-7,11H,8,17H2,1-4H3. The van der Waals surface area contributed by atoms with Gasteiger partial charge in [0, 0.05) is 19.5 Å². The molecule has 2 aromatic rings. The lowest BCUT2D eigenvalue weighted by molar-refractivity contribution is 0.354. The third kappa shape index (κ3) is 3.14. The number of aromatic nitrogens is 2. The van der Waals surface area contributed by atoms with Gasteiger partial charge in [0.05, 0.1) is 30.6 Å². The average molecular weight is 310 g/mol. The van der Waals surface area contributed by atoms with Gasteiger partial charge < -0.3 is 15.2 Å². The van der Waals surface area contributed by atoms with Crippen LogP contribution in [-0.2, 0) is 13.5 Å². The molecule has 1 aromatic carbocycles. The fourth-order valence-corrected chi connectivity index (χ4v) is 2.55. The van der Waals surface area contributed by atoms with E-state index in [0.29, 0.717) is 22.9 Å². The number of nitrogens with zero attached hydrogens (tertiary/aromatic N) is 2. The topological polar surface area (TPSA) is 62.3 Å². The van der Waals surface area contributed by atoms with Gasteiger partial charge in [-0.25, -0.2) is 0 Å². The van der Waals surface area contributed by atoms with Crippen LogP contribution in [0.5, 0.6) is 11.5 Å². The molecule has 1 heterocycles. The van der Waals surface area contributed by atoms with Crippen molar-refractivity contribution < 1.29 is 9.47 Å². The number of aryl methyl sites for hydroxylation is 2. The van der Waals surface area contributed by atoms with Crippen LogP contribution in [0.2, 0.25) is 5.02 Å².